The Morgan fingerprint density at radius 2 is 1.27 bits per heavy atom. The Bertz CT molecular complexity index is 3150. The summed E-state index contributed by atoms with van der Waals surface area (Å²) in [5.41, 5.74) is 2.31. The maximum atomic E-state index is 9.31. The molecule has 9 aromatic rings. The minimum Gasteiger partial charge on any atom is -0.456 e. The van der Waals surface area contributed by atoms with E-state index in [9.17, 15) is 2.74 Å². The van der Waals surface area contributed by atoms with Gasteiger partial charge in [0.25, 0.3) is 0 Å². The summed E-state index contributed by atoms with van der Waals surface area (Å²) in [6.45, 7) is 0. The zero-order chi connectivity index (χ0) is 39.5. The fraction of sp³-hybridized carbons (Fsp3) is 0. The molecule has 44 heavy (non-hydrogen) atoms. The number of aromatic nitrogens is 3. The highest BCUT2D eigenvalue weighted by Crippen LogP contribution is 2.39. The predicted molar refractivity (Wildman–Crippen MR) is 180 cm³/mol. The zero-order valence-electron chi connectivity index (χ0n) is 34.8. The Labute approximate surface area is 270 Å². The molecular formula is C40H25N3O. The van der Waals surface area contributed by atoms with Gasteiger partial charge in [-0.05, 0) is 54.5 Å². The SMILES string of the molecule is [2H]c1c([2H])c([2H])c(-n2c3c([2H])c([2H])c([2H])c([2H])c3c3c(-c4nc(-c5ccccc5)cc(-c5ccc6oc7ccccc7c6c5)n4)c([2H])c([2H])c([2H])c32)c([2H])c1[2H]. The molecule has 0 saturated carbocycles. The summed E-state index contributed by atoms with van der Waals surface area (Å²) in [5, 5.41) is 1.40. The van der Waals surface area contributed by atoms with Crippen LogP contribution < -0.4 is 0 Å². The van der Waals surface area contributed by atoms with Gasteiger partial charge in [-0.3, -0.25) is 0 Å². The molecule has 0 fully saturated rings. The van der Waals surface area contributed by atoms with Gasteiger partial charge in [0, 0.05) is 43.9 Å². The third kappa shape index (κ3) is 3.85. The van der Waals surface area contributed by atoms with Gasteiger partial charge in [-0.25, -0.2) is 9.97 Å². The van der Waals surface area contributed by atoms with Crippen LogP contribution >= 0.6 is 0 Å². The van der Waals surface area contributed by atoms with Gasteiger partial charge < -0.3 is 8.98 Å². The third-order valence-corrected chi connectivity index (χ3v) is 7.62. The molecule has 6 aromatic carbocycles. The standard InChI is InChI=1S/C40H25N3O/c1-3-12-26(13-4-1)33-25-34(27-22-23-38-32(24-27)29-16-8-10-21-37(29)44-38)42-40(41-33)31-18-11-20-36-39(31)30-17-7-9-19-35(30)43(36)28-14-5-2-6-15-28/h1-25H/i2D,5D,6D,7D,9D,11D,14D,15D,17D,18D,19D,20D. The average Bonchev–Trinajstić information content (AvgIpc) is 3.76. The van der Waals surface area contributed by atoms with Crippen molar-refractivity contribution in [3.05, 3.63) is 151 Å². The topological polar surface area (TPSA) is 43.9 Å². The number of furan rings is 1. The minimum atomic E-state index is -0.710. The second-order valence-electron chi connectivity index (χ2n) is 10.1. The zero-order valence-corrected chi connectivity index (χ0v) is 22.8. The summed E-state index contributed by atoms with van der Waals surface area (Å²) in [6.07, 6.45) is 0. The summed E-state index contributed by atoms with van der Waals surface area (Å²) in [4.78, 5) is 9.83. The van der Waals surface area contributed by atoms with Crippen LogP contribution in [0.3, 0.4) is 0 Å². The van der Waals surface area contributed by atoms with Crippen molar-refractivity contribution in [1.29, 1.82) is 0 Å². The first kappa shape index (κ1) is 15.5. The summed E-state index contributed by atoms with van der Waals surface area (Å²) < 4.78 is 113. The smallest absolute Gasteiger partial charge is 0.161 e. The van der Waals surface area contributed by atoms with Crippen LogP contribution in [0, 0.1) is 0 Å². The van der Waals surface area contributed by atoms with E-state index in [4.69, 9.17) is 28.1 Å². The monoisotopic (exact) mass is 575 g/mol. The molecule has 0 aliphatic carbocycles. The van der Waals surface area contributed by atoms with Gasteiger partial charge in [0.1, 0.15) is 11.2 Å². The summed E-state index contributed by atoms with van der Waals surface area (Å²) >= 11 is 0. The van der Waals surface area contributed by atoms with E-state index in [1.54, 1.807) is 6.07 Å². The number of hydrogen-bond acceptors (Lipinski definition) is 3. The van der Waals surface area contributed by atoms with E-state index in [2.05, 4.69) is 0 Å². The van der Waals surface area contributed by atoms with Gasteiger partial charge in [0.05, 0.1) is 38.9 Å². The van der Waals surface area contributed by atoms with Gasteiger partial charge in [-0.15, -0.1) is 0 Å². The number of rotatable bonds is 4. The molecule has 0 spiro atoms. The highest BCUT2D eigenvalue weighted by molar-refractivity contribution is 6.15. The number of nitrogens with zero attached hydrogens (tertiary/aromatic N) is 3. The second-order valence-corrected chi connectivity index (χ2v) is 10.1. The first-order valence-electron chi connectivity index (χ1n) is 19.8. The molecule has 0 atom stereocenters. The number of fused-ring (bicyclic) bond motifs is 6. The number of hydrogen-bond donors (Lipinski definition) is 0. The number of para-hydroxylation sites is 3. The summed E-state index contributed by atoms with van der Waals surface area (Å²) in [5.74, 6) is -0.102. The van der Waals surface area contributed by atoms with Crippen LogP contribution in [0.1, 0.15) is 16.4 Å². The lowest BCUT2D eigenvalue weighted by molar-refractivity contribution is 0.669. The van der Waals surface area contributed by atoms with Crippen molar-refractivity contribution in [2.75, 3.05) is 0 Å². The van der Waals surface area contributed by atoms with E-state index in [0.717, 1.165) is 15.3 Å². The summed E-state index contributed by atoms with van der Waals surface area (Å²) in [6, 6.07) is 16.4. The van der Waals surface area contributed by atoms with Crippen LogP contribution in [-0.4, -0.2) is 14.5 Å². The number of benzene rings is 6. The van der Waals surface area contributed by atoms with E-state index < -0.39 is 78.2 Å². The first-order chi connectivity index (χ1) is 26.8. The molecule has 0 bridgehead atoms. The Kier molecular flexibility index (Phi) is 3.44. The predicted octanol–water partition coefficient (Wildman–Crippen LogP) is 10.5. The molecule has 0 N–H and O–H groups in total. The van der Waals surface area contributed by atoms with Crippen LogP contribution in [-0.2, 0) is 0 Å². The van der Waals surface area contributed by atoms with Gasteiger partial charge in [0.15, 0.2) is 5.82 Å². The van der Waals surface area contributed by atoms with E-state index in [1.165, 1.54) is 0 Å². The van der Waals surface area contributed by atoms with Crippen LogP contribution in [0.2, 0.25) is 0 Å². The van der Waals surface area contributed by atoms with Crippen molar-refractivity contribution in [3.8, 4) is 39.6 Å². The molecule has 3 heterocycles. The minimum absolute atomic E-state index is 0.102. The second kappa shape index (κ2) is 9.79. The van der Waals surface area contributed by atoms with Crippen molar-refractivity contribution >= 4 is 43.7 Å². The summed E-state index contributed by atoms with van der Waals surface area (Å²) in [7, 11) is 0. The molecule has 9 rings (SSSR count). The van der Waals surface area contributed by atoms with Gasteiger partial charge in [-0.2, -0.15) is 0 Å². The maximum absolute atomic E-state index is 9.31. The van der Waals surface area contributed by atoms with Crippen molar-refractivity contribution in [2.24, 2.45) is 0 Å². The van der Waals surface area contributed by atoms with E-state index >= 15 is 0 Å². The van der Waals surface area contributed by atoms with E-state index in [-0.39, 0.29) is 33.2 Å². The highest BCUT2D eigenvalue weighted by atomic mass is 16.3. The van der Waals surface area contributed by atoms with Crippen LogP contribution in [0.5, 0.6) is 0 Å². The van der Waals surface area contributed by atoms with Crippen molar-refractivity contribution in [3.63, 3.8) is 0 Å². The largest absolute Gasteiger partial charge is 0.456 e. The molecule has 0 unspecified atom stereocenters. The lowest BCUT2D eigenvalue weighted by Crippen LogP contribution is -1.97. The van der Waals surface area contributed by atoms with Crippen molar-refractivity contribution in [1.82, 2.24) is 14.5 Å². The molecule has 0 saturated heterocycles. The fourth-order valence-corrected chi connectivity index (χ4v) is 5.67. The molecule has 0 aliphatic heterocycles. The Balaban J connectivity index is 1.47. The molecule has 0 amide bonds. The Morgan fingerprint density at radius 1 is 0.545 bits per heavy atom. The lowest BCUT2D eigenvalue weighted by Gasteiger charge is -2.11. The van der Waals surface area contributed by atoms with Gasteiger partial charge in [-0.1, -0.05) is 96.9 Å². The Morgan fingerprint density at radius 3 is 2.16 bits per heavy atom. The average molecular weight is 576 g/mol. The van der Waals surface area contributed by atoms with Gasteiger partial charge in [0.2, 0.25) is 0 Å². The first-order valence-corrected chi connectivity index (χ1v) is 13.8. The molecule has 3 aromatic heterocycles. The maximum Gasteiger partial charge on any atom is 0.161 e. The molecule has 4 heteroatoms. The molecular weight excluding hydrogens is 538 g/mol. The van der Waals surface area contributed by atoms with E-state index in [1.807, 2.05) is 72.8 Å². The fourth-order valence-electron chi connectivity index (χ4n) is 5.67. The Hall–Kier alpha value is -6.00. The van der Waals surface area contributed by atoms with Crippen LogP contribution in [0.25, 0.3) is 83.3 Å². The van der Waals surface area contributed by atoms with E-state index in [0.29, 0.717) is 33.7 Å². The van der Waals surface area contributed by atoms with Crippen LogP contribution in [0.15, 0.2) is 156 Å². The van der Waals surface area contributed by atoms with Gasteiger partial charge >= 0.3 is 0 Å². The molecule has 206 valence electrons. The molecule has 4 nitrogen and oxygen atoms in total. The quantitative estimate of drug-likeness (QED) is 0.210. The highest BCUT2D eigenvalue weighted by Gasteiger charge is 2.19. The molecule has 0 aliphatic rings. The van der Waals surface area contributed by atoms with Crippen molar-refractivity contribution < 1.29 is 20.9 Å². The van der Waals surface area contributed by atoms with Crippen molar-refractivity contribution in [2.45, 2.75) is 0 Å². The third-order valence-electron chi connectivity index (χ3n) is 7.62. The normalized spacial score (nSPS) is 15.5. The molecule has 0 radical (unpaired) electrons. The lowest BCUT2D eigenvalue weighted by atomic mass is 10.0. The van der Waals surface area contributed by atoms with Crippen LogP contribution in [0.4, 0.5) is 0 Å².